The minimum absolute atomic E-state index is 0. The number of methoxy groups -OCH3 is 1. The van der Waals surface area contributed by atoms with Crippen LogP contribution in [0.2, 0.25) is 0 Å². The molecule has 0 radical (unpaired) electrons. The van der Waals surface area contributed by atoms with E-state index in [4.69, 9.17) is 4.74 Å². The average Bonchev–Trinajstić information content (AvgIpc) is 2.82. The number of sulfonamides is 1. The summed E-state index contributed by atoms with van der Waals surface area (Å²) >= 11 is 0. The number of nitrogens with zero attached hydrogens (tertiary/aromatic N) is 2. The Kier molecular flexibility index (Phi) is 10.7. The molecule has 1 aliphatic heterocycles. The summed E-state index contributed by atoms with van der Waals surface area (Å²) in [5.74, 6) is 1.52. The molecule has 0 unspecified atom stereocenters. The average molecular weight is 573 g/mol. The van der Waals surface area contributed by atoms with E-state index in [1.54, 1.807) is 23.5 Å². The maximum Gasteiger partial charge on any atom is 0.243 e. The van der Waals surface area contributed by atoms with Gasteiger partial charge in [0.15, 0.2) is 5.96 Å². The fourth-order valence-electron chi connectivity index (χ4n) is 3.56. The second kappa shape index (κ2) is 13.0. The monoisotopic (exact) mass is 572 g/mol. The number of para-hydroxylation sites is 1. The first-order chi connectivity index (χ1) is 15.0. The van der Waals surface area contributed by atoms with Crippen LogP contribution < -0.4 is 15.4 Å². The lowest BCUT2D eigenvalue weighted by Gasteiger charge is -2.25. The van der Waals surface area contributed by atoms with Gasteiger partial charge in [-0.1, -0.05) is 36.8 Å². The molecule has 0 bridgehead atoms. The maximum absolute atomic E-state index is 12.8. The number of rotatable bonds is 8. The summed E-state index contributed by atoms with van der Waals surface area (Å²) in [6, 6.07) is 14.9. The van der Waals surface area contributed by atoms with Gasteiger partial charge >= 0.3 is 0 Å². The van der Waals surface area contributed by atoms with E-state index in [1.807, 2.05) is 43.3 Å². The summed E-state index contributed by atoms with van der Waals surface area (Å²) in [7, 11) is -1.74. The lowest BCUT2D eigenvalue weighted by Crippen LogP contribution is -2.36. The summed E-state index contributed by atoms with van der Waals surface area (Å²) < 4.78 is 32.6. The topological polar surface area (TPSA) is 83.0 Å². The van der Waals surface area contributed by atoms with Gasteiger partial charge < -0.3 is 15.4 Å². The van der Waals surface area contributed by atoms with Gasteiger partial charge in [0.1, 0.15) is 5.75 Å². The molecule has 0 aliphatic carbocycles. The van der Waals surface area contributed by atoms with Crippen LogP contribution in [0.25, 0.3) is 0 Å². The molecule has 176 valence electrons. The normalized spacial score (nSPS) is 15.0. The summed E-state index contributed by atoms with van der Waals surface area (Å²) in [4.78, 5) is 4.98. The van der Waals surface area contributed by atoms with Crippen LogP contribution in [-0.4, -0.2) is 45.4 Å². The number of benzene rings is 2. The first-order valence-electron chi connectivity index (χ1n) is 10.8. The minimum atomic E-state index is -3.40. The molecule has 0 aromatic heterocycles. The summed E-state index contributed by atoms with van der Waals surface area (Å²) in [6.45, 7) is 5.01. The standard InChI is InChI=1S/C23H32N4O3S.HI/c1-3-24-23(26-18-20-9-5-6-10-22(20)30-2)25-17-19-11-13-21(14-12-19)31(28,29)27-15-7-4-8-16-27;/h5-6,9-14H,3-4,7-8,15-18H2,1-2H3,(H2,24,25,26);1H. The highest BCUT2D eigenvalue weighted by atomic mass is 127. The molecule has 1 heterocycles. The SMILES string of the molecule is CCNC(=NCc1ccc(S(=O)(=O)N2CCCCC2)cc1)NCc1ccccc1OC.I. The van der Waals surface area contributed by atoms with Crippen LogP contribution in [0.5, 0.6) is 5.75 Å². The highest BCUT2D eigenvalue weighted by molar-refractivity contribution is 14.0. The van der Waals surface area contributed by atoms with Crippen molar-refractivity contribution in [2.75, 3.05) is 26.7 Å². The molecule has 1 saturated heterocycles. The van der Waals surface area contributed by atoms with Crippen molar-refractivity contribution in [3.63, 3.8) is 0 Å². The van der Waals surface area contributed by atoms with Crippen molar-refractivity contribution in [1.82, 2.24) is 14.9 Å². The first kappa shape index (κ1) is 26.4. The van der Waals surface area contributed by atoms with E-state index >= 15 is 0 Å². The van der Waals surface area contributed by atoms with Crippen molar-refractivity contribution in [2.45, 2.75) is 44.2 Å². The van der Waals surface area contributed by atoms with Crippen LogP contribution in [0.1, 0.15) is 37.3 Å². The number of halogens is 1. The van der Waals surface area contributed by atoms with E-state index in [0.29, 0.717) is 37.0 Å². The molecular formula is C23H33IN4O3S. The zero-order valence-corrected chi connectivity index (χ0v) is 21.9. The van der Waals surface area contributed by atoms with Gasteiger partial charge in [0.05, 0.1) is 18.6 Å². The van der Waals surface area contributed by atoms with Crippen LogP contribution >= 0.6 is 24.0 Å². The molecule has 3 rings (SSSR count). The van der Waals surface area contributed by atoms with Crippen molar-refractivity contribution in [2.24, 2.45) is 4.99 Å². The fourth-order valence-corrected chi connectivity index (χ4v) is 5.08. The third kappa shape index (κ3) is 7.08. The van der Waals surface area contributed by atoms with Crippen LogP contribution in [0, 0.1) is 0 Å². The third-order valence-electron chi connectivity index (χ3n) is 5.28. The Balaban J connectivity index is 0.00000363. The number of hydrogen-bond acceptors (Lipinski definition) is 4. The lowest BCUT2D eigenvalue weighted by molar-refractivity contribution is 0.346. The predicted molar refractivity (Wildman–Crippen MR) is 139 cm³/mol. The zero-order chi connectivity index (χ0) is 22.1. The molecule has 0 atom stereocenters. The molecule has 2 aromatic rings. The van der Waals surface area contributed by atoms with Crippen molar-refractivity contribution in [3.8, 4) is 5.75 Å². The van der Waals surface area contributed by atoms with Gasteiger partial charge in [0, 0.05) is 31.7 Å². The highest BCUT2D eigenvalue weighted by Gasteiger charge is 2.25. The van der Waals surface area contributed by atoms with Gasteiger partial charge in [0.25, 0.3) is 0 Å². The van der Waals surface area contributed by atoms with Crippen LogP contribution in [-0.2, 0) is 23.1 Å². The number of piperidine rings is 1. The third-order valence-corrected chi connectivity index (χ3v) is 7.19. The molecule has 1 fully saturated rings. The number of nitrogens with one attached hydrogen (secondary N) is 2. The molecule has 0 saturated carbocycles. The molecule has 2 aromatic carbocycles. The summed E-state index contributed by atoms with van der Waals surface area (Å²) in [5, 5.41) is 6.55. The molecular weight excluding hydrogens is 539 g/mol. The molecule has 32 heavy (non-hydrogen) atoms. The van der Waals surface area contributed by atoms with Gasteiger partial charge in [0.2, 0.25) is 10.0 Å². The highest BCUT2D eigenvalue weighted by Crippen LogP contribution is 2.21. The first-order valence-corrected chi connectivity index (χ1v) is 12.2. The fraction of sp³-hybridized carbons (Fsp3) is 0.435. The molecule has 9 heteroatoms. The van der Waals surface area contributed by atoms with Gasteiger partial charge in [-0.05, 0) is 43.5 Å². The minimum Gasteiger partial charge on any atom is -0.496 e. The van der Waals surface area contributed by atoms with Crippen LogP contribution in [0.4, 0.5) is 0 Å². The van der Waals surface area contributed by atoms with E-state index in [2.05, 4.69) is 15.6 Å². The van der Waals surface area contributed by atoms with Crippen molar-refractivity contribution < 1.29 is 13.2 Å². The largest absolute Gasteiger partial charge is 0.496 e. The van der Waals surface area contributed by atoms with Crippen LogP contribution in [0.15, 0.2) is 58.4 Å². The van der Waals surface area contributed by atoms with Gasteiger partial charge in [-0.3, -0.25) is 0 Å². The quantitative estimate of drug-likeness (QED) is 0.286. The molecule has 0 spiro atoms. The Morgan fingerprint density at radius 2 is 1.72 bits per heavy atom. The van der Waals surface area contributed by atoms with Crippen LogP contribution in [0.3, 0.4) is 0 Å². The van der Waals surface area contributed by atoms with E-state index in [0.717, 1.165) is 42.7 Å². The summed E-state index contributed by atoms with van der Waals surface area (Å²) in [5.41, 5.74) is 2.00. The predicted octanol–water partition coefficient (Wildman–Crippen LogP) is 3.74. The molecule has 7 nitrogen and oxygen atoms in total. The van der Waals surface area contributed by atoms with Crippen molar-refractivity contribution in [1.29, 1.82) is 0 Å². The maximum atomic E-state index is 12.8. The number of aliphatic imine (C=N–C) groups is 1. The smallest absolute Gasteiger partial charge is 0.243 e. The Hall–Kier alpha value is -1.85. The molecule has 2 N–H and O–H groups in total. The lowest BCUT2D eigenvalue weighted by atomic mass is 10.2. The van der Waals surface area contributed by atoms with E-state index in [1.165, 1.54) is 0 Å². The molecule has 1 aliphatic rings. The second-order valence-electron chi connectivity index (χ2n) is 7.47. The van der Waals surface area contributed by atoms with E-state index < -0.39 is 10.0 Å². The second-order valence-corrected chi connectivity index (χ2v) is 9.41. The number of ether oxygens (including phenoxy) is 1. The van der Waals surface area contributed by atoms with Gasteiger partial charge in [-0.25, -0.2) is 13.4 Å². The number of guanidine groups is 1. The van der Waals surface area contributed by atoms with E-state index in [9.17, 15) is 8.42 Å². The zero-order valence-electron chi connectivity index (χ0n) is 18.7. The Bertz CT molecular complexity index is 975. The number of hydrogen-bond donors (Lipinski definition) is 2. The van der Waals surface area contributed by atoms with Gasteiger partial charge in [-0.15, -0.1) is 24.0 Å². The van der Waals surface area contributed by atoms with Gasteiger partial charge in [-0.2, -0.15) is 4.31 Å². The van der Waals surface area contributed by atoms with Crippen molar-refractivity contribution >= 4 is 40.0 Å². The Labute approximate surface area is 208 Å². The van der Waals surface area contributed by atoms with E-state index in [-0.39, 0.29) is 24.0 Å². The molecule has 0 amide bonds. The Morgan fingerprint density at radius 3 is 2.38 bits per heavy atom. The Morgan fingerprint density at radius 1 is 1.03 bits per heavy atom. The summed E-state index contributed by atoms with van der Waals surface area (Å²) in [6.07, 6.45) is 2.96. The van der Waals surface area contributed by atoms with Crippen molar-refractivity contribution in [3.05, 3.63) is 59.7 Å².